The number of carbonyl (C=O) groups excluding carboxylic acids is 2. The Hall–Kier alpha value is -2.89. The van der Waals surface area contributed by atoms with Gasteiger partial charge in [-0.2, -0.15) is 0 Å². The molecule has 1 N–H and O–H groups in total. The summed E-state index contributed by atoms with van der Waals surface area (Å²) in [6.45, 7) is 7.72. The molecule has 2 aromatic rings. The molecule has 5 nitrogen and oxygen atoms in total. The van der Waals surface area contributed by atoms with E-state index in [0.29, 0.717) is 5.75 Å². The normalized spacial score (nSPS) is 15.1. The molecule has 0 spiro atoms. The van der Waals surface area contributed by atoms with Gasteiger partial charge in [-0.15, -0.1) is 0 Å². The number of hydrogen-bond acceptors (Lipinski definition) is 3. The van der Waals surface area contributed by atoms with Gasteiger partial charge < -0.3 is 15.0 Å². The summed E-state index contributed by atoms with van der Waals surface area (Å²) in [6.07, 6.45) is 5.37. The first-order valence-electron chi connectivity index (χ1n) is 11.8. The Morgan fingerprint density at radius 2 is 1.76 bits per heavy atom. The van der Waals surface area contributed by atoms with Crippen LogP contribution >= 0.6 is 0 Å². The molecule has 0 aliphatic heterocycles. The second kappa shape index (κ2) is 11.3. The Balaban J connectivity index is 1.74. The van der Waals surface area contributed by atoms with Gasteiger partial charge in [-0.3, -0.25) is 9.59 Å². The number of benzene rings is 2. The largest absolute Gasteiger partial charge is 0.483 e. The van der Waals surface area contributed by atoms with Gasteiger partial charge in [-0.25, -0.2) is 4.39 Å². The van der Waals surface area contributed by atoms with Crippen molar-refractivity contribution in [2.75, 3.05) is 6.61 Å². The molecule has 1 aliphatic rings. The predicted molar refractivity (Wildman–Crippen MR) is 128 cm³/mol. The number of amides is 2. The number of rotatable bonds is 8. The number of aryl methyl sites for hydroxylation is 2. The van der Waals surface area contributed by atoms with Crippen LogP contribution in [0.1, 0.15) is 61.3 Å². The lowest BCUT2D eigenvalue weighted by Gasteiger charge is -2.31. The quantitative estimate of drug-likeness (QED) is 0.611. The van der Waals surface area contributed by atoms with Gasteiger partial charge in [0.1, 0.15) is 17.6 Å². The molecular weight excluding hydrogens is 419 g/mol. The van der Waals surface area contributed by atoms with Crippen LogP contribution in [-0.2, 0) is 16.1 Å². The number of nitrogens with one attached hydrogen (secondary N) is 1. The maximum Gasteiger partial charge on any atom is 0.261 e. The van der Waals surface area contributed by atoms with Crippen LogP contribution in [0.25, 0.3) is 0 Å². The molecule has 0 radical (unpaired) electrons. The van der Waals surface area contributed by atoms with Gasteiger partial charge in [-0.05, 0) is 81.0 Å². The molecule has 1 saturated carbocycles. The van der Waals surface area contributed by atoms with Gasteiger partial charge in [-0.1, -0.05) is 37.5 Å². The van der Waals surface area contributed by atoms with E-state index in [9.17, 15) is 14.0 Å². The minimum Gasteiger partial charge on any atom is -0.483 e. The number of carbonyl (C=O) groups is 2. The molecule has 2 amide bonds. The van der Waals surface area contributed by atoms with Crippen molar-refractivity contribution < 1.29 is 18.7 Å². The first-order chi connectivity index (χ1) is 15.7. The van der Waals surface area contributed by atoms with Crippen LogP contribution in [0.15, 0.2) is 36.4 Å². The highest BCUT2D eigenvalue weighted by Crippen LogP contribution is 2.24. The molecule has 0 heterocycles. The SMILES string of the molecule is Cc1cc(C)c(C)c(OCC(=O)N(Cc2ccc(F)cc2)[C@@H](C)C(=O)NC2CCCCC2)c1. The van der Waals surface area contributed by atoms with E-state index in [1.54, 1.807) is 19.1 Å². The third-order valence-corrected chi connectivity index (χ3v) is 6.50. The minimum atomic E-state index is -0.673. The predicted octanol–water partition coefficient (Wildman–Crippen LogP) is 5.00. The smallest absolute Gasteiger partial charge is 0.261 e. The summed E-state index contributed by atoms with van der Waals surface area (Å²) < 4.78 is 19.3. The van der Waals surface area contributed by atoms with Gasteiger partial charge in [0.15, 0.2) is 6.61 Å². The second-order valence-electron chi connectivity index (χ2n) is 9.16. The zero-order valence-corrected chi connectivity index (χ0v) is 20.1. The highest BCUT2D eigenvalue weighted by atomic mass is 19.1. The second-order valence-corrected chi connectivity index (χ2v) is 9.16. The van der Waals surface area contributed by atoms with E-state index < -0.39 is 6.04 Å². The fourth-order valence-corrected chi connectivity index (χ4v) is 4.31. The van der Waals surface area contributed by atoms with E-state index >= 15 is 0 Å². The van der Waals surface area contributed by atoms with E-state index in [1.807, 2.05) is 26.8 Å². The number of nitrogens with zero attached hydrogens (tertiary/aromatic N) is 1. The maximum atomic E-state index is 13.4. The zero-order chi connectivity index (χ0) is 24.0. The molecule has 178 valence electrons. The Kier molecular flexibility index (Phi) is 8.48. The summed E-state index contributed by atoms with van der Waals surface area (Å²) in [5.74, 6) is -0.126. The Bertz CT molecular complexity index is 968. The van der Waals surface area contributed by atoms with Crippen molar-refractivity contribution in [2.24, 2.45) is 0 Å². The Labute approximate surface area is 196 Å². The van der Waals surface area contributed by atoms with E-state index in [1.165, 1.54) is 23.5 Å². The summed E-state index contributed by atoms with van der Waals surface area (Å²) in [4.78, 5) is 27.8. The average Bonchev–Trinajstić information content (AvgIpc) is 2.80. The summed E-state index contributed by atoms with van der Waals surface area (Å²) in [7, 11) is 0. The molecule has 0 aromatic heterocycles. The van der Waals surface area contributed by atoms with Crippen molar-refractivity contribution in [1.82, 2.24) is 10.2 Å². The lowest BCUT2D eigenvalue weighted by Crippen LogP contribution is -2.51. The molecule has 1 fully saturated rings. The maximum absolute atomic E-state index is 13.4. The van der Waals surface area contributed by atoms with Crippen LogP contribution in [0.2, 0.25) is 0 Å². The lowest BCUT2D eigenvalue weighted by molar-refractivity contribution is -0.142. The molecule has 1 aliphatic carbocycles. The van der Waals surface area contributed by atoms with Crippen LogP contribution in [0.3, 0.4) is 0 Å². The molecule has 1 atom stereocenters. The van der Waals surface area contributed by atoms with Crippen molar-refractivity contribution in [3.05, 3.63) is 64.5 Å². The van der Waals surface area contributed by atoms with Crippen molar-refractivity contribution >= 4 is 11.8 Å². The van der Waals surface area contributed by atoms with E-state index in [4.69, 9.17) is 4.74 Å². The average molecular weight is 455 g/mol. The Morgan fingerprint density at radius 3 is 2.42 bits per heavy atom. The van der Waals surface area contributed by atoms with Crippen molar-refractivity contribution in [2.45, 2.75) is 78.4 Å². The fraction of sp³-hybridized carbons (Fsp3) is 0.481. The van der Waals surface area contributed by atoms with E-state index in [-0.39, 0.29) is 36.8 Å². The van der Waals surface area contributed by atoms with Gasteiger partial charge in [0.2, 0.25) is 5.91 Å². The summed E-state index contributed by atoms with van der Waals surface area (Å²) >= 11 is 0. The summed E-state index contributed by atoms with van der Waals surface area (Å²) in [6, 6.07) is 9.47. The summed E-state index contributed by atoms with van der Waals surface area (Å²) in [5.41, 5.74) is 3.90. The molecular formula is C27H35FN2O3. The molecule has 3 rings (SSSR count). The summed E-state index contributed by atoms with van der Waals surface area (Å²) in [5, 5.41) is 3.11. The molecule has 6 heteroatoms. The topological polar surface area (TPSA) is 58.6 Å². The van der Waals surface area contributed by atoms with Gasteiger partial charge >= 0.3 is 0 Å². The number of ether oxygens (including phenoxy) is 1. The molecule has 33 heavy (non-hydrogen) atoms. The van der Waals surface area contributed by atoms with Gasteiger partial charge in [0.05, 0.1) is 0 Å². The monoisotopic (exact) mass is 454 g/mol. The Morgan fingerprint density at radius 1 is 1.09 bits per heavy atom. The van der Waals surface area contributed by atoms with Crippen LogP contribution in [0.5, 0.6) is 5.75 Å². The van der Waals surface area contributed by atoms with E-state index in [0.717, 1.165) is 47.9 Å². The number of halogens is 1. The standard InChI is InChI=1S/C27H35FN2O3/c1-18-14-19(2)20(3)25(15-18)33-17-26(31)30(16-22-10-12-23(28)13-11-22)21(4)27(32)29-24-8-6-5-7-9-24/h10-15,21,24H,5-9,16-17H2,1-4H3,(H,29,32)/t21-/m0/s1. The van der Waals surface area contributed by atoms with Crippen LogP contribution < -0.4 is 10.1 Å². The van der Waals surface area contributed by atoms with Crippen molar-refractivity contribution in [3.8, 4) is 5.75 Å². The minimum absolute atomic E-state index is 0.158. The van der Waals surface area contributed by atoms with Crippen molar-refractivity contribution in [3.63, 3.8) is 0 Å². The van der Waals surface area contributed by atoms with E-state index in [2.05, 4.69) is 11.4 Å². The first kappa shape index (κ1) is 24.7. The highest BCUT2D eigenvalue weighted by molar-refractivity contribution is 5.88. The fourth-order valence-electron chi connectivity index (χ4n) is 4.31. The lowest BCUT2D eigenvalue weighted by atomic mass is 9.95. The molecule has 2 aromatic carbocycles. The van der Waals surface area contributed by atoms with Crippen LogP contribution in [0.4, 0.5) is 4.39 Å². The number of hydrogen-bond donors (Lipinski definition) is 1. The van der Waals surface area contributed by atoms with Crippen LogP contribution in [-0.4, -0.2) is 35.4 Å². The molecule has 0 saturated heterocycles. The highest BCUT2D eigenvalue weighted by Gasteiger charge is 2.28. The third kappa shape index (κ3) is 6.80. The first-order valence-corrected chi connectivity index (χ1v) is 11.8. The zero-order valence-electron chi connectivity index (χ0n) is 20.1. The van der Waals surface area contributed by atoms with Crippen molar-refractivity contribution in [1.29, 1.82) is 0 Å². The molecule has 0 bridgehead atoms. The van der Waals surface area contributed by atoms with Gasteiger partial charge in [0, 0.05) is 12.6 Å². The third-order valence-electron chi connectivity index (χ3n) is 6.50. The molecule has 0 unspecified atom stereocenters. The van der Waals surface area contributed by atoms with Crippen LogP contribution in [0, 0.1) is 26.6 Å². The van der Waals surface area contributed by atoms with Gasteiger partial charge in [0.25, 0.3) is 5.91 Å².